The first-order valence-corrected chi connectivity index (χ1v) is 7.40. The van der Waals surface area contributed by atoms with Gasteiger partial charge in [-0.05, 0) is 6.42 Å². The van der Waals surface area contributed by atoms with Crippen molar-refractivity contribution in [3.05, 3.63) is 0 Å². The highest BCUT2D eigenvalue weighted by atomic mass is 16.6. The zero-order valence-corrected chi connectivity index (χ0v) is 13.1. The second-order valence-corrected chi connectivity index (χ2v) is 4.13. The fraction of sp³-hybridized carbons (Fsp3) is 1.00. The van der Waals surface area contributed by atoms with Crippen molar-refractivity contribution < 1.29 is 33.5 Å². The first-order valence-electron chi connectivity index (χ1n) is 7.40. The van der Waals surface area contributed by atoms with Gasteiger partial charge < -0.3 is 33.5 Å². The average Bonchev–Trinajstić information content (AvgIpc) is 2.50. The van der Waals surface area contributed by atoms with Gasteiger partial charge in [-0.15, -0.1) is 0 Å². The summed E-state index contributed by atoms with van der Waals surface area (Å²) in [5.74, 6) is 0. The molecular weight excluding hydrogens is 280 g/mol. The van der Waals surface area contributed by atoms with E-state index in [-0.39, 0.29) is 6.61 Å². The largest absolute Gasteiger partial charge is 0.396 e. The fourth-order valence-electron chi connectivity index (χ4n) is 1.29. The second-order valence-electron chi connectivity index (χ2n) is 4.13. The molecule has 0 fully saturated rings. The molecule has 0 aliphatic carbocycles. The molecule has 0 bridgehead atoms. The molecule has 0 atom stereocenters. The third-order valence-electron chi connectivity index (χ3n) is 2.37. The van der Waals surface area contributed by atoms with E-state index in [9.17, 15) is 0 Å². The number of hydrogen-bond donors (Lipinski definition) is 1. The van der Waals surface area contributed by atoms with Crippen LogP contribution in [0.25, 0.3) is 0 Å². The Balaban J connectivity index is 2.90. The van der Waals surface area contributed by atoms with Crippen LogP contribution < -0.4 is 0 Å². The number of rotatable bonds is 18. The van der Waals surface area contributed by atoms with Crippen LogP contribution in [0.2, 0.25) is 0 Å². The summed E-state index contributed by atoms with van der Waals surface area (Å²) in [5, 5.41) is 8.54. The van der Waals surface area contributed by atoms with Crippen molar-refractivity contribution in [1.29, 1.82) is 0 Å². The summed E-state index contributed by atoms with van der Waals surface area (Å²) >= 11 is 0. The molecule has 0 saturated heterocycles. The Kier molecular flexibility index (Phi) is 19.5. The van der Waals surface area contributed by atoms with Gasteiger partial charge in [-0.2, -0.15) is 0 Å². The monoisotopic (exact) mass is 310 g/mol. The molecule has 21 heavy (non-hydrogen) atoms. The Bertz CT molecular complexity index is 163. The van der Waals surface area contributed by atoms with Crippen molar-refractivity contribution in [1.82, 2.24) is 0 Å². The van der Waals surface area contributed by atoms with Crippen molar-refractivity contribution in [2.24, 2.45) is 0 Å². The fourth-order valence-corrected chi connectivity index (χ4v) is 1.29. The molecule has 0 spiro atoms. The summed E-state index contributed by atoms with van der Waals surface area (Å²) in [7, 11) is 1.64. The van der Waals surface area contributed by atoms with E-state index < -0.39 is 0 Å². The second kappa shape index (κ2) is 19.7. The summed E-state index contributed by atoms with van der Waals surface area (Å²) in [5.41, 5.74) is 0. The highest BCUT2D eigenvalue weighted by Gasteiger charge is 1.93. The SMILES string of the molecule is COCCOCCOCCOCCOCCOCCCO. The minimum absolute atomic E-state index is 0.163. The molecule has 0 aromatic heterocycles. The summed E-state index contributed by atoms with van der Waals surface area (Å²) in [6, 6.07) is 0. The number of aliphatic hydroxyl groups is 1. The lowest BCUT2D eigenvalue weighted by molar-refractivity contribution is -0.0151. The predicted molar refractivity (Wildman–Crippen MR) is 77.7 cm³/mol. The van der Waals surface area contributed by atoms with Gasteiger partial charge in [0.25, 0.3) is 0 Å². The third kappa shape index (κ3) is 19.7. The Labute approximate surface area is 127 Å². The van der Waals surface area contributed by atoms with Gasteiger partial charge >= 0.3 is 0 Å². The third-order valence-corrected chi connectivity index (χ3v) is 2.37. The lowest BCUT2D eigenvalue weighted by Crippen LogP contribution is -2.14. The van der Waals surface area contributed by atoms with E-state index in [1.165, 1.54) is 0 Å². The predicted octanol–water partition coefficient (Wildman–Crippen LogP) is 0.0982. The van der Waals surface area contributed by atoms with Gasteiger partial charge in [-0.3, -0.25) is 0 Å². The molecule has 7 heteroatoms. The van der Waals surface area contributed by atoms with Crippen molar-refractivity contribution >= 4 is 0 Å². The van der Waals surface area contributed by atoms with E-state index in [0.29, 0.717) is 79.1 Å². The molecule has 0 saturated carbocycles. The number of methoxy groups -OCH3 is 1. The van der Waals surface area contributed by atoms with Crippen LogP contribution in [-0.4, -0.2) is 91.5 Å². The molecule has 1 N–H and O–H groups in total. The smallest absolute Gasteiger partial charge is 0.0701 e. The van der Waals surface area contributed by atoms with Gasteiger partial charge in [0.15, 0.2) is 0 Å². The molecule has 0 heterocycles. The van der Waals surface area contributed by atoms with Crippen LogP contribution >= 0.6 is 0 Å². The van der Waals surface area contributed by atoms with Crippen LogP contribution in [0.1, 0.15) is 6.42 Å². The lowest BCUT2D eigenvalue weighted by Gasteiger charge is -2.07. The van der Waals surface area contributed by atoms with Crippen molar-refractivity contribution in [3.8, 4) is 0 Å². The molecule has 128 valence electrons. The van der Waals surface area contributed by atoms with Crippen LogP contribution in [0.4, 0.5) is 0 Å². The van der Waals surface area contributed by atoms with E-state index in [1.54, 1.807) is 7.11 Å². The van der Waals surface area contributed by atoms with E-state index >= 15 is 0 Å². The van der Waals surface area contributed by atoms with Crippen molar-refractivity contribution in [3.63, 3.8) is 0 Å². The molecule has 0 aromatic rings. The first kappa shape index (κ1) is 20.7. The lowest BCUT2D eigenvalue weighted by atomic mass is 10.5. The van der Waals surface area contributed by atoms with Crippen LogP contribution in [0.5, 0.6) is 0 Å². The molecule has 0 unspecified atom stereocenters. The molecule has 0 aliphatic rings. The van der Waals surface area contributed by atoms with Gasteiger partial charge in [0.1, 0.15) is 0 Å². The van der Waals surface area contributed by atoms with Gasteiger partial charge in [-0.25, -0.2) is 0 Å². The van der Waals surface area contributed by atoms with E-state index in [1.807, 2.05) is 0 Å². The minimum atomic E-state index is 0.163. The standard InChI is InChI=1S/C14H30O7/c1-16-5-6-18-9-10-20-13-14-21-12-11-19-8-7-17-4-2-3-15/h15H,2-14H2,1H3. The van der Waals surface area contributed by atoms with Crippen LogP contribution in [0, 0.1) is 0 Å². The van der Waals surface area contributed by atoms with Gasteiger partial charge in [0.2, 0.25) is 0 Å². The maximum absolute atomic E-state index is 8.54. The molecular formula is C14H30O7. The van der Waals surface area contributed by atoms with Crippen LogP contribution in [-0.2, 0) is 28.4 Å². The highest BCUT2D eigenvalue weighted by Crippen LogP contribution is 1.85. The zero-order chi connectivity index (χ0) is 15.4. The Morgan fingerprint density at radius 2 is 0.857 bits per heavy atom. The maximum Gasteiger partial charge on any atom is 0.0701 e. The summed E-state index contributed by atoms with van der Waals surface area (Å²) in [4.78, 5) is 0. The van der Waals surface area contributed by atoms with Crippen molar-refractivity contribution in [2.45, 2.75) is 6.42 Å². The maximum atomic E-state index is 8.54. The molecule has 0 aromatic carbocycles. The van der Waals surface area contributed by atoms with Gasteiger partial charge in [0, 0.05) is 20.3 Å². The molecule has 0 radical (unpaired) electrons. The number of hydrogen-bond acceptors (Lipinski definition) is 7. The van der Waals surface area contributed by atoms with E-state index in [4.69, 9.17) is 33.5 Å². The Morgan fingerprint density at radius 1 is 0.524 bits per heavy atom. The minimum Gasteiger partial charge on any atom is -0.396 e. The molecule has 0 aliphatic heterocycles. The number of aliphatic hydroxyl groups excluding tert-OH is 1. The zero-order valence-electron chi connectivity index (χ0n) is 13.1. The van der Waals surface area contributed by atoms with Crippen molar-refractivity contribution in [2.75, 3.05) is 86.4 Å². The quantitative estimate of drug-likeness (QED) is 0.360. The first-order chi connectivity index (χ1) is 10.4. The Morgan fingerprint density at radius 3 is 1.19 bits per heavy atom. The average molecular weight is 310 g/mol. The Hall–Kier alpha value is -0.280. The normalized spacial score (nSPS) is 11.1. The van der Waals surface area contributed by atoms with Crippen LogP contribution in [0.3, 0.4) is 0 Å². The summed E-state index contributed by atoms with van der Waals surface area (Å²) < 4.78 is 31.3. The van der Waals surface area contributed by atoms with Gasteiger partial charge in [-0.1, -0.05) is 0 Å². The van der Waals surface area contributed by atoms with E-state index in [0.717, 1.165) is 0 Å². The highest BCUT2D eigenvalue weighted by molar-refractivity contribution is 4.36. The number of ether oxygens (including phenoxy) is 6. The van der Waals surface area contributed by atoms with E-state index in [2.05, 4.69) is 0 Å². The topological polar surface area (TPSA) is 75.6 Å². The molecule has 0 amide bonds. The van der Waals surface area contributed by atoms with Gasteiger partial charge in [0.05, 0.1) is 66.1 Å². The molecule has 7 nitrogen and oxygen atoms in total. The molecule has 0 rings (SSSR count). The summed E-state index contributed by atoms with van der Waals surface area (Å²) in [6.07, 6.45) is 0.667. The van der Waals surface area contributed by atoms with Crippen LogP contribution in [0.15, 0.2) is 0 Å². The summed E-state index contributed by atoms with van der Waals surface area (Å²) in [6.45, 7) is 6.36.